The molecule has 0 aliphatic heterocycles. The highest BCUT2D eigenvalue weighted by Gasteiger charge is 2.16. The van der Waals surface area contributed by atoms with E-state index in [-0.39, 0.29) is 9.77 Å². The first-order valence-electron chi connectivity index (χ1n) is 9.91. The molecule has 4 aromatic rings. The molecule has 9 heteroatoms. The zero-order chi connectivity index (χ0) is 22.6. The summed E-state index contributed by atoms with van der Waals surface area (Å²) >= 11 is 8.68. The fraction of sp³-hybridized carbons (Fsp3) is 0.174. The average Bonchev–Trinajstić information content (AvgIpc) is 3.08. The molecule has 0 atom stereocenters. The topological polar surface area (TPSA) is 68.2 Å². The standard InChI is InChI=1S/C23H21ClN2O3S3/c24-19-8-4-7-18(13-19)16-30-12-11-25-32(28,29)20-9-10-21-22(14-20)31-23(27)26(21)15-17-5-2-1-3-6-17/h1-10,13-14,25H,11-12,15-16H2. The van der Waals surface area contributed by atoms with Gasteiger partial charge in [-0.25, -0.2) is 13.1 Å². The number of thiazole rings is 1. The number of fused-ring (bicyclic) bond motifs is 1. The highest BCUT2D eigenvalue weighted by molar-refractivity contribution is 7.98. The largest absolute Gasteiger partial charge is 0.308 e. The molecule has 0 radical (unpaired) electrons. The molecule has 0 fully saturated rings. The van der Waals surface area contributed by atoms with Crippen molar-refractivity contribution < 1.29 is 8.42 Å². The molecule has 0 saturated heterocycles. The molecule has 0 aliphatic carbocycles. The Hall–Kier alpha value is -2.10. The smallest absolute Gasteiger partial charge is 0.294 e. The molecule has 166 valence electrons. The van der Waals surface area contributed by atoms with Gasteiger partial charge in [0.15, 0.2) is 0 Å². The summed E-state index contributed by atoms with van der Waals surface area (Å²) in [6.45, 7) is 0.769. The lowest BCUT2D eigenvalue weighted by Crippen LogP contribution is -2.26. The first-order valence-corrected chi connectivity index (χ1v) is 13.7. The normalized spacial score (nSPS) is 11.8. The van der Waals surface area contributed by atoms with Crippen LogP contribution < -0.4 is 9.60 Å². The van der Waals surface area contributed by atoms with Crippen LogP contribution in [0.15, 0.2) is 82.5 Å². The third-order valence-corrected chi connectivity index (χ3v) is 8.50. The van der Waals surface area contributed by atoms with Gasteiger partial charge in [-0.05, 0) is 41.5 Å². The van der Waals surface area contributed by atoms with Gasteiger partial charge < -0.3 is 0 Å². The van der Waals surface area contributed by atoms with E-state index >= 15 is 0 Å². The predicted molar refractivity (Wildman–Crippen MR) is 134 cm³/mol. The van der Waals surface area contributed by atoms with E-state index in [1.165, 1.54) is 0 Å². The Bertz CT molecular complexity index is 1380. The number of benzene rings is 3. The number of hydrogen-bond donors (Lipinski definition) is 1. The van der Waals surface area contributed by atoms with E-state index in [1.807, 2.05) is 54.6 Å². The van der Waals surface area contributed by atoms with Crippen molar-refractivity contribution >= 4 is 54.9 Å². The highest BCUT2D eigenvalue weighted by atomic mass is 35.5. The number of halogens is 1. The number of nitrogens with zero attached hydrogens (tertiary/aromatic N) is 1. The van der Waals surface area contributed by atoms with E-state index in [0.29, 0.717) is 28.6 Å². The van der Waals surface area contributed by atoms with E-state index in [4.69, 9.17) is 11.6 Å². The van der Waals surface area contributed by atoms with Crippen molar-refractivity contribution in [1.82, 2.24) is 9.29 Å². The van der Waals surface area contributed by atoms with E-state index in [1.54, 1.807) is 34.5 Å². The van der Waals surface area contributed by atoms with E-state index < -0.39 is 10.0 Å². The molecule has 32 heavy (non-hydrogen) atoms. The second-order valence-corrected chi connectivity index (χ2v) is 11.5. The molecule has 0 amide bonds. The SMILES string of the molecule is O=c1sc2cc(S(=O)(=O)NCCSCc3cccc(Cl)c3)ccc2n1Cc1ccccc1. The third kappa shape index (κ3) is 5.63. The fourth-order valence-electron chi connectivity index (χ4n) is 3.28. The number of rotatable bonds is 9. The van der Waals surface area contributed by atoms with Gasteiger partial charge in [-0.3, -0.25) is 9.36 Å². The summed E-state index contributed by atoms with van der Waals surface area (Å²) in [4.78, 5) is 12.5. The molecule has 0 bridgehead atoms. The molecule has 0 aliphatic rings. The molecule has 1 heterocycles. The van der Waals surface area contributed by atoms with Crippen LogP contribution in [0.4, 0.5) is 0 Å². The predicted octanol–water partition coefficient (Wildman–Crippen LogP) is 4.98. The summed E-state index contributed by atoms with van der Waals surface area (Å²) in [6.07, 6.45) is 0. The summed E-state index contributed by atoms with van der Waals surface area (Å²) in [7, 11) is -3.66. The van der Waals surface area contributed by atoms with Gasteiger partial charge in [-0.15, -0.1) is 0 Å². The van der Waals surface area contributed by atoms with Gasteiger partial charge in [0, 0.05) is 23.1 Å². The monoisotopic (exact) mass is 504 g/mol. The van der Waals surface area contributed by atoms with Crippen LogP contribution in [0.2, 0.25) is 5.02 Å². The Morgan fingerprint density at radius 3 is 2.53 bits per heavy atom. The maximum atomic E-state index is 12.7. The third-order valence-electron chi connectivity index (χ3n) is 4.83. The van der Waals surface area contributed by atoms with Crippen LogP contribution in [0.1, 0.15) is 11.1 Å². The zero-order valence-corrected chi connectivity index (χ0v) is 20.2. The average molecular weight is 505 g/mol. The van der Waals surface area contributed by atoms with Gasteiger partial charge in [-0.1, -0.05) is 65.4 Å². The molecule has 0 spiro atoms. The van der Waals surface area contributed by atoms with Crippen LogP contribution in [-0.4, -0.2) is 25.3 Å². The van der Waals surface area contributed by atoms with Gasteiger partial charge in [0.2, 0.25) is 10.0 Å². The summed E-state index contributed by atoms with van der Waals surface area (Å²) in [5.41, 5.74) is 2.86. The van der Waals surface area contributed by atoms with Crippen LogP contribution in [0.25, 0.3) is 10.2 Å². The molecule has 0 unspecified atom stereocenters. The molecule has 1 N–H and O–H groups in total. The number of hydrogen-bond acceptors (Lipinski definition) is 5. The van der Waals surface area contributed by atoms with Crippen LogP contribution in [0, 0.1) is 0 Å². The van der Waals surface area contributed by atoms with Gasteiger partial charge >= 0.3 is 4.87 Å². The molecule has 3 aromatic carbocycles. The Morgan fingerprint density at radius 2 is 1.75 bits per heavy atom. The molecular weight excluding hydrogens is 484 g/mol. The Balaban J connectivity index is 1.40. The van der Waals surface area contributed by atoms with Gasteiger partial charge in [0.05, 0.1) is 21.7 Å². The second-order valence-electron chi connectivity index (χ2n) is 7.15. The maximum absolute atomic E-state index is 12.7. The van der Waals surface area contributed by atoms with Gasteiger partial charge in [0.25, 0.3) is 0 Å². The van der Waals surface area contributed by atoms with Crippen molar-refractivity contribution in [2.45, 2.75) is 17.2 Å². The summed E-state index contributed by atoms with van der Waals surface area (Å²) in [5, 5.41) is 0.694. The minimum Gasteiger partial charge on any atom is -0.294 e. The van der Waals surface area contributed by atoms with Gasteiger partial charge in [0.1, 0.15) is 0 Å². The molecule has 1 aromatic heterocycles. The summed E-state index contributed by atoms with van der Waals surface area (Å²) < 4.78 is 30.4. The van der Waals surface area contributed by atoms with Crippen LogP contribution >= 0.6 is 34.7 Å². The fourth-order valence-corrected chi connectivity index (χ4v) is 6.49. The molecular formula is C23H21ClN2O3S3. The number of thioether (sulfide) groups is 1. The van der Waals surface area contributed by atoms with Crippen LogP contribution in [0.3, 0.4) is 0 Å². The zero-order valence-electron chi connectivity index (χ0n) is 17.0. The molecule has 0 saturated carbocycles. The van der Waals surface area contributed by atoms with Crippen LogP contribution in [0.5, 0.6) is 0 Å². The quantitative estimate of drug-likeness (QED) is 0.326. The van der Waals surface area contributed by atoms with Gasteiger partial charge in [-0.2, -0.15) is 11.8 Å². The van der Waals surface area contributed by atoms with Crippen molar-refractivity contribution in [2.24, 2.45) is 0 Å². The summed E-state index contributed by atoms with van der Waals surface area (Å²) in [6, 6.07) is 22.2. The van der Waals surface area contributed by atoms with Crippen LogP contribution in [-0.2, 0) is 22.3 Å². The Labute approximate surface area is 200 Å². The van der Waals surface area contributed by atoms with Crippen molar-refractivity contribution in [2.75, 3.05) is 12.3 Å². The number of aromatic nitrogens is 1. The first kappa shape index (κ1) is 23.1. The lowest BCUT2D eigenvalue weighted by molar-refractivity contribution is 0.584. The lowest BCUT2D eigenvalue weighted by Gasteiger charge is -2.08. The second kappa shape index (κ2) is 10.2. The van der Waals surface area contributed by atoms with Crippen molar-refractivity contribution in [3.05, 3.63) is 98.6 Å². The minimum absolute atomic E-state index is 0.108. The molecule has 5 nitrogen and oxygen atoms in total. The Kier molecular flexibility index (Phi) is 7.37. The minimum atomic E-state index is -3.66. The van der Waals surface area contributed by atoms with E-state index in [9.17, 15) is 13.2 Å². The molecule has 4 rings (SSSR count). The number of sulfonamides is 1. The van der Waals surface area contributed by atoms with Crippen molar-refractivity contribution in [1.29, 1.82) is 0 Å². The highest BCUT2D eigenvalue weighted by Crippen LogP contribution is 2.23. The lowest BCUT2D eigenvalue weighted by atomic mass is 10.2. The van der Waals surface area contributed by atoms with Crippen molar-refractivity contribution in [3.8, 4) is 0 Å². The summed E-state index contributed by atoms with van der Waals surface area (Å²) in [5.74, 6) is 1.39. The Morgan fingerprint density at radius 1 is 0.969 bits per heavy atom. The van der Waals surface area contributed by atoms with Crippen molar-refractivity contribution in [3.63, 3.8) is 0 Å². The first-order chi connectivity index (χ1) is 15.4. The maximum Gasteiger partial charge on any atom is 0.308 e. The van der Waals surface area contributed by atoms with E-state index in [0.717, 1.165) is 33.7 Å². The number of nitrogens with one attached hydrogen (secondary N) is 1. The van der Waals surface area contributed by atoms with E-state index in [2.05, 4.69) is 4.72 Å².